The fourth-order valence-electron chi connectivity index (χ4n) is 1.61. The van der Waals surface area contributed by atoms with E-state index in [1.807, 2.05) is 25.1 Å². The van der Waals surface area contributed by atoms with Crippen LogP contribution in [0.15, 0.2) is 24.3 Å². The van der Waals surface area contributed by atoms with Gasteiger partial charge in [0, 0.05) is 13.0 Å². The SMILES string of the molecule is CCNC(=O)CCS(=O)(=O)Cc1ccccc1C. The summed E-state index contributed by atoms with van der Waals surface area (Å²) < 4.78 is 23.8. The van der Waals surface area contributed by atoms with E-state index < -0.39 is 9.84 Å². The Kier molecular flexibility index (Phi) is 5.34. The van der Waals surface area contributed by atoms with E-state index in [1.165, 1.54) is 0 Å². The van der Waals surface area contributed by atoms with Crippen LogP contribution in [0.4, 0.5) is 0 Å². The topological polar surface area (TPSA) is 63.2 Å². The highest BCUT2D eigenvalue weighted by Crippen LogP contribution is 2.12. The van der Waals surface area contributed by atoms with Crippen LogP contribution in [0.1, 0.15) is 24.5 Å². The van der Waals surface area contributed by atoms with Gasteiger partial charge in [-0.2, -0.15) is 0 Å². The molecule has 1 aromatic rings. The first-order valence-corrected chi connectivity index (χ1v) is 7.78. The summed E-state index contributed by atoms with van der Waals surface area (Å²) >= 11 is 0. The zero-order valence-corrected chi connectivity index (χ0v) is 11.6. The molecule has 0 saturated carbocycles. The van der Waals surface area contributed by atoms with Gasteiger partial charge in [0.05, 0.1) is 11.5 Å². The normalized spacial score (nSPS) is 11.2. The van der Waals surface area contributed by atoms with Crippen molar-refractivity contribution in [2.24, 2.45) is 0 Å². The van der Waals surface area contributed by atoms with Gasteiger partial charge in [-0.1, -0.05) is 24.3 Å². The number of carbonyl (C=O) groups is 1. The van der Waals surface area contributed by atoms with Crippen LogP contribution in [0.2, 0.25) is 0 Å². The molecule has 1 amide bonds. The summed E-state index contributed by atoms with van der Waals surface area (Å²) in [5.41, 5.74) is 1.76. The molecule has 0 aliphatic carbocycles. The highest BCUT2D eigenvalue weighted by molar-refractivity contribution is 7.90. The van der Waals surface area contributed by atoms with Crippen LogP contribution < -0.4 is 5.32 Å². The minimum atomic E-state index is -3.23. The summed E-state index contributed by atoms with van der Waals surface area (Å²) in [6.07, 6.45) is 0.0298. The maximum Gasteiger partial charge on any atom is 0.221 e. The third-order valence-corrected chi connectivity index (χ3v) is 4.23. The molecule has 0 atom stereocenters. The van der Waals surface area contributed by atoms with Crippen molar-refractivity contribution in [1.29, 1.82) is 0 Å². The van der Waals surface area contributed by atoms with E-state index in [2.05, 4.69) is 5.32 Å². The van der Waals surface area contributed by atoms with Crippen LogP contribution in [0.5, 0.6) is 0 Å². The molecule has 0 bridgehead atoms. The summed E-state index contributed by atoms with van der Waals surface area (Å²) in [6, 6.07) is 7.38. The first-order chi connectivity index (χ1) is 8.44. The second-order valence-corrected chi connectivity index (χ2v) is 6.41. The van der Waals surface area contributed by atoms with Gasteiger partial charge in [-0.25, -0.2) is 8.42 Å². The zero-order valence-electron chi connectivity index (χ0n) is 10.8. The molecular formula is C13H19NO3S. The van der Waals surface area contributed by atoms with Crippen molar-refractivity contribution in [2.45, 2.75) is 26.0 Å². The van der Waals surface area contributed by atoms with Crippen LogP contribution in [0.25, 0.3) is 0 Å². The maximum absolute atomic E-state index is 11.9. The Bertz CT molecular complexity index is 509. The Morgan fingerprint density at radius 2 is 1.94 bits per heavy atom. The highest BCUT2D eigenvalue weighted by atomic mass is 32.2. The number of hydrogen-bond donors (Lipinski definition) is 1. The van der Waals surface area contributed by atoms with E-state index in [0.717, 1.165) is 11.1 Å². The summed E-state index contributed by atoms with van der Waals surface area (Å²) in [7, 11) is -3.23. The van der Waals surface area contributed by atoms with Crippen LogP contribution in [-0.4, -0.2) is 26.6 Å². The molecule has 18 heavy (non-hydrogen) atoms. The van der Waals surface area contributed by atoms with Gasteiger partial charge >= 0.3 is 0 Å². The molecule has 1 rings (SSSR count). The molecule has 5 heteroatoms. The van der Waals surface area contributed by atoms with Crippen LogP contribution in [0.3, 0.4) is 0 Å². The van der Waals surface area contributed by atoms with Crippen molar-refractivity contribution >= 4 is 15.7 Å². The van der Waals surface area contributed by atoms with E-state index in [-0.39, 0.29) is 23.8 Å². The number of benzene rings is 1. The lowest BCUT2D eigenvalue weighted by Gasteiger charge is -2.07. The molecule has 0 aliphatic rings. The minimum absolute atomic E-state index is 0.000914. The zero-order chi connectivity index (χ0) is 13.6. The van der Waals surface area contributed by atoms with Gasteiger partial charge < -0.3 is 5.32 Å². The molecule has 0 radical (unpaired) electrons. The van der Waals surface area contributed by atoms with E-state index in [4.69, 9.17) is 0 Å². The molecular weight excluding hydrogens is 250 g/mol. The summed E-state index contributed by atoms with van der Waals surface area (Å²) in [5.74, 6) is -0.322. The number of amides is 1. The number of sulfone groups is 1. The molecule has 1 N–H and O–H groups in total. The predicted octanol–water partition coefficient (Wildman–Crippen LogP) is 1.44. The first kappa shape index (κ1) is 14.7. The quantitative estimate of drug-likeness (QED) is 0.850. The Labute approximate surface area is 108 Å². The monoisotopic (exact) mass is 269 g/mol. The van der Waals surface area contributed by atoms with Crippen molar-refractivity contribution in [1.82, 2.24) is 5.32 Å². The van der Waals surface area contributed by atoms with Crippen LogP contribution in [-0.2, 0) is 20.4 Å². The Morgan fingerprint density at radius 1 is 1.28 bits per heavy atom. The van der Waals surface area contributed by atoms with Gasteiger partial charge in [-0.05, 0) is 25.0 Å². The third-order valence-electron chi connectivity index (χ3n) is 2.65. The lowest BCUT2D eigenvalue weighted by atomic mass is 10.1. The molecule has 4 nitrogen and oxygen atoms in total. The summed E-state index contributed by atoms with van der Waals surface area (Å²) in [4.78, 5) is 11.2. The van der Waals surface area contributed by atoms with Crippen LogP contribution >= 0.6 is 0 Å². The fourth-order valence-corrected chi connectivity index (χ4v) is 3.05. The van der Waals surface area contributed by atoms with Gasteiger partial charge in [0.25, 0.3) is 0 Å². The Balaban J connectivity index is 2.60. The number of carbonyl (C=O) groups excluding carboxylic acids is 1. The van der Waals surface area contributed by atoms with Gasteiger partial charge in [0.15, 0.2) is 9.84 Å². The summed E-state index contributed by atoms with van der Waals surface area (Å²) in [6.45, 7) is 4.21. The highest BCUT2D eigenvalue weighted by Gasteiger charge is 2.15. The number of hydrogen-bond acceptors (Lipinski definition) is 3. The summed E-state index contributed by atoms with van der Waals surface area (Å²) in [5, 5.41) is 2.59. The van der Waals surface area contributed by atoms with E-state index >= 15 is 0 Å². The maximum atomic E-state index is 11.9. The average molecular weight is 269 g/mol. The van der Waals surface area contributed by atoms with Gasteiger partial charge in [0.1, 0.15) is 0 Å². The van der Waals surface area contributed by atoms with Gasteiger partial charge in [-0.3, -0.25) is 4.79 Å². The Morgan fingerprint density at radius 3 is 2.56 bits per heavy atom. The second-order valence-electron chi connectivity index (χ2n) is 4.22. The Hall–Kier alpha value is -1.36. The molecule has 0 heterocycles. The van der Waals surface area contributed by atoms with Gasteiger partial charge in [0.2, 0.25) is 5.91 Å². The lowest BCUT2D eigenvalue weighted by molar-refractivity contribution is -0.120. The predicted molar refractivity (Wildman–Crippen MR) is 72.0 cm³/mol. The van der Waals surface area contributed by atoms with Crippen molar-refractivity contribution < 1.29 is 13.2 Å². The van der Waals surface area contributed by atoms with Crippen molar-refractivity contribution in [2.75, 3.05) is 12.3 Å². The second kappa shape index (κ2) is 6.54. The van der Waals surface area contributed by atoms with Crippen molar-refractivity contribution in [3.8, 4) is 0 Å². The van der Waals surface area contributed by atoms with Crippen molar-refractivity contribution in [3.63, 3.8) is 0 Å². The largest absolute Gasteiger partial charge is 0.356 e. The van der Waals surface area contributed by atoms with Gasteiger partial charge in [-0.15, -0.1) is 0 Å². The smallest absolute Gasteiger partial charge is 0.221 e. The minimum Gasteiger partial charge on any atom is -0.356 e. The first-order valence-electron chi connectivity index (χ1n) is 5.96. The average Bonchev–Trinajstić information content (AvgIpc) is 2.30. The molecule has 0 aliphatic heterocycles. The molecule has 0 unspecified atom stereocenters. The fraction of sp³-hybridized carbons (Fsp3) is 0.462. The number of nitrogens with one attached hydrogen (secondary N) is 1. The standard InChI is InChI=1S/C13H19NO3S/c1-3-14-13(15)8-9-18(16,17)10-12-7-5-4-6-11(12)2/h4-7H,3,8-10H2,1-2H3,(H,14,15). The van der Waals surface area contributed by atoms with E-state index in [9.17, 15) is 13.2 Å². The van der Waals surface area contributed by atoms with E-state index in [0.29, 0.717) is 6.54 Å². The number of rotatable bonds is 6. The molecule has 0 saturated heterocycles. The number of aryl methyl sites for hydroxylation is 1. The molecule has 0 fully saturated rings. The lowest BCUT2D eigenvalue weighted by Crippen LogP contribution is -2.25. The van der Waals surface area contributed by atoms with E-state index in [1.54, 1.807) is 13.0 Å². The van der Waals surface area contributed by atoms with Crippen LogP contribution in [0, 0.1) is 6.92 Å². The molecule has 1 aromatic carbocycles. The molecule has 0 aromatic heterocycles. The molecule has 0 spiro atoms. The van der Waals surface area contributed by atoms with Crippen molar-refractivity contribution in [3.05, 3.63) is 35.4 Å². The third kappa shape index (κ3) is 4.87. The molecule has 100 valence electrons.